The fourth-order valence-electron chi connectivity index (χ4n) is 3.87. The van der Waals surface area contributed by atoms with Crippen LogP contribution in [0.1, 0.15) is 65.1 Å². The molecule has 2 atom stereocenters. The molecular weight excluding hydrogens is 328 g/mol. The second-order valence-electron chi connectivity index (χ2n) is 7.79. The van der Waals surface area contributed by atoms with Gasteiger partial charge in [-0.15, -0.1) is 10.2 Å². The Balaban J connectivity index is 2.04. The Labute approximate surface area is 155 Å². The van der Waals surface area contributed by atoms with E-state index in [2.05, 4.69) is 21.7 Å². The highest BCUT2D eigenvalue weighted by molar-refractivity contribution is 5.88. The minimum Gasteiger partial charge on any atom is -0.472 e. The first-order valence-corrected chi connectivity index (χ1v) is 9.93. The summed E-state index contributed by atoms with van der Waals surface area (Å²) in [7, 11) is 0. The second kappa shape index (κ2) is 8.20. The van der Waals surface area contributed by atoms with Crippen LogP contribution in [0.2, 0.25) is 0 Å². The van der Waals surface area contributed by atoms with Gasteiger partial charge in [0, 0.05) is 19.0 Å². The van der Waals surface area contributed by atoms with Crippen molar-refractivity contribution < 1.29 is 4.74 Å². The van der Waals surface area contributed by atoms with E-state index in [4.69, 9.17) is 21.2 Å². The van der Waals surface area contributed by atoms with Crippen LogP contribution in [0.15, 0.2) is 0 Å². The van der Waals surface area contributed by atoms with E-state index >= 15 is 0 Å². The molecule has 0 amide bonds. The third-order valence-electron chi connectivity index (χ3n) is 5.11. The average molecular weight is 361 g/mol. The van der Waals surface area contributed by atoms with Crippen molar-refractivity contribution in [3.63, 3.8) is 0 Å². The van der Waals surface area contributed by atoms with Gasteiger partial charge in [-0.05, 0) is 45.4 Å². The van der Waals surface area contributed by atoms with Gasteiger partial charge in [-0.25, -0.2) is 4.98 Å². The highest BCUT2D eigenvalue weighted by Gasteiger charge is 2.25. The van der Waals surface area contributed by atoms with E-state index in [1.807, 2.05) is 13.8 Å². The number of nitrogens with zero attached hydrogens (tertiary/aromatic N) is 4. The maximum Gasteiger partial charge on any atom is 0.260 e. The van der Waals surface area contributed by atoms with Crippen molar-refractivity contribution >= 4 is 16.9 Å². The van der Waals surface area contributed by atoms with Gasteiger partial charge in [-0.2, -0.15) is 0 Å². The number of nitrogen functional groups attached to an aromatic ring is 1. The number of rotatable bonds is 7. The Hall–Kier alpha value is -1.89. The Morgan fingerprint density at radius 1 is 1.27 bits per heavy atom. The third kappa shape index (κ3) is 4.09. The van der Waals surface area contributed by atoms with Gasteiger partial charge in [0.25, 0.3) is 5.88 Å². The van der Waals surface area contributed by atoms with Crippen LogP contribution < -0.4 is 16.2 Å². The molecule has 1 saturated carbocycles. The standard InChI is InChI=1S/C19H32N6O/c1-4-5-9-15-22-16-17(19(26-12(2)3)24-23-18(16)21)25(15)11-13-7-6-8-14(20)10-13/h12-14H,4-11,20H2,1-3H3,(H2,21,23). The first-order valence-electron chi connectivity index (χ1n) is 9.93. The molecule has 0 aromatic carbocycles. The molecule has 0 spiro atoms. The summed E-state index contributed by atoms with van der Waals surface area (Å²) in [6.07, 6.45) is 7.74. The molecule has 7 nitrogen and oxygen atoms in total. The summed E-state index contributed by atoms with van der Waals surface area (Å²) in [5.74, 6) is 2.50. The molecule has 26 heavy (non-hydrogen) atoms. The largest absolute Gasteiger partial charge is 0.472 e. The Morgan fingerprint density at radius 2 is 2.08 bits per heavy atom. The van der Waals surface area contributed by atoms with E-state index in [9.17, 15) is 0 Å². The predicted molar refractivity (Wildman–Crippen MR) is 104 cm³/mol. The lowest BCUT2D eigenvalue weighted by molar-refractivity contribution is 0.231. The molecule has 1 fully saturated rings. The lowest BCUT2D eigenvalue weighted by Crippen LogP contribution is -2.30. The fourth-order valence-corrected chi connectivity index (χ4v) is 3.87. The minimum absolute atomic E-state index is 0.0154. The zero-order valence-corrected chi connectivity index (χ0v) is 16.2. The summed E-state index contributed by atoms with van der Waals surface area (Å²) in [4.78, 5) is 4.83. The molecule has 1 aliphatic carbocycles. The van der Waals surface area contributed by atoms with Crippen molar-refractivity contribution in [2.75, 3.05) is 5.73 Å². The topological polar surface area (TPSA) is 105 Å². The number of anilines is 1. The monoisotopic (exact) mass is 360 g/mol. The van der Waals surface area contributed by atoms with E-state index in [-0.39, 0.29) is 6.10 Å². The van der Waals surface area contributed by atoms with Gasteiger partial charge in [0.1, 0.15) is 16.9 Å². The maximum atomic E-state index is 6.21. The molecule has 144 valence electrons. The van der Waals surface area contributed by atoms with Crippen LogP contribution in [0.25, 0.3) is 11.0 Å². The molecule has 2 aromatic heterocycles. The van der Waals surface area contributed by atoms with Gasteiger partial charge < -0.3 is 20.8 Å². The zero-order valence-electron chi connectivity index (χ0n) is 16.2. The van der Waals surface area contributed by atoms with Crippen LogP contribution in [-0.2, 0) is 13.0 Å². The Kier molecular flexibility index (Phi) is 5.96. The predicted octanol–water partition coefficient (Wildman–Crippen LogP) is 3.06. The van der Waals surface area contributed by atoms with Crippen molar-refractivity contribution in [3.05, 3.63) is 5.82 Å². The van der Waals surface area contributed by atoms with E-state index in [0.29, 0.717) is 29.2 Å². The molecule has 0 bridgehead atoms. The van der Waals surface area contributed by atoms with Gasteiger partial charge in [-0.3, -0.25) is 0 Å². The van der Waals surface area contributed by atoms with Crippen LogP contribution in [0.5, 0.6) is 5.88 Å². The van der Waals surface area contributed by atoms with Crippen LogP contribution >= 0.6 is 0 Å². The molecule has 4 N–H and O–H groups in total. The number of aryl methyl sites for hydroxylation is 1. The molecular formula is C19H32N6O. The van der Waals surface area contributed by atoms with Gasteiger partial charge in [0.15, 0.2) is 5.82 Å². The number of fused-ring (bicyclic) bond motifs is 1. The van der Waals surface area contributed by atoms with Crippen molar-refractivity contribution in [2.45, 2.75) is 84.4 Å². The van der Waals surface area contributed by atoms with Gasteiger partial charge in [0.2, 0.25) is 0 Å². The maximum absolute atomic E-state index is 6.21. The quantitative estimate of drug-likeness (QED) is 0.786. The van der Waals surface area contributed by atoms with E-state index in [0.717, 1.165) is 50.0 Å². The highest BCUT2D eigenvalue weighted by Crippen LogP contribution is 2.32. The van der Waals surface area contributed by atoms with Crippen LogP contribution in [0, 0.1) is 5.92 Å². The average Bonchev–Trinajstić information content (AvgIpc) is 2.95. The smallest absolute Gasteiger partial charge is 0.260 e. The Morgan fingerprint density at radius 3 is 2.77 bits per heavy atom. The number of ether oxygens (including phenoxy) is 1. The van der Waals surface area contributed by atoms with E-state index in [1.165, 1.54) is 12.8 Å². The number of aromatic nitrogens is 4. The number of hydrogen-bond acceptors (Lipinski definition) is 6. The molecule has 3 rings (SSSR count). The molecule has 2 heterocycles. The summed E-state index contributed by atoms with van der Waals surface area (Å²) in [6, 6.07) is 0.305. The van der Waals surface area contributed by atoms with Crippen molar-refractivity contribution in [1.29, 1.82) is 0 Å². The zero-order chi connectivity index (χ0) is 18.7. The molecule has 1 aliphatic rings. The van der Waals surface area contributed by atoms with E-state index < -0.39 is 0 Å². The highest BCUT2D eigenvalue weighted by atomic mass is 16.5. The lowest BCUT2D eigenvalue weighted by atomic mass is 9.86. The summed E-state index contributed by atoms with van der Waals surface area (Å²) < 4.78 is 8.21. The first kappa shape index (κ1) is 18.9. The van der Waals surface area contributed by atoms with Crippen LogP contribution in [0.3, 0.4) is 0 Å². The Bertz CT molecular complexity index is 741. The normalized spacial score (nSPS) is 20.8. The fraction of sp³-hybridized carbons (Fsp3) is 0.737. The van der Waals surface area contributed by atoms with Crippen molar-refractivity contribution in [3.8, 4) is 5.88 Å². The molecule has 0 radical (unpaired) electrons. The number of hydrogen-bond donors (Lipinski definition) is 2. The SMILES string of the molecule is CCCCc1nc2c(N)nnc(OC(C)C)c2n1CC1CCCC(N)C1. The lowest BCUT2D eigenvalue weighted by Gasteiger charge is -2.27. The van der Waals surface area contributed by atoms with Crippen molar-refractivity contribution in [2.24, 2.45) is 11.7 Å². The summed E-state index contributed by atoms with van der Waals surface area (Å²) in [5.41, 5.74) is 13.9. The molecule has 0 aliphatic heterocycles. The van der Waals surface area contributed by atoms with Gasteiger partial charge >= 0.3 is 0 Å². The minimum atomic E-state index is 0.0154. The molecule has 7 heteroatoms. The first-order chi connectivity index (χ1) is 12.5. The number of imidazole rings is 1. The summed E-state index contributed by atoms with van der Waals surface area (Å²) >= 11 is 0. The number of nitrogens with two attached hydrogens (primary N) is 2. The van der Waals surface area contributed by atoms with Crippen molar-refractivity contribution in [1.82, 2.24) is 19.7 Å². The molecule has 0 saturated heterocycles. The molecule has 2 unspecified atom stereocenters. The third-order valence-corrected chi connectivity index (χ3v) is 5.11. The summed E-state index contributed by atoms with van der Waals surface area (Å²) in [6.45, 7) is 7.06. The van der Waals surface area contributed by atoms with Crippen LogP contribution in [-0.4, -0.2) is 31.9 Å². The number of unbranched alkanes of at least 4 members (excludes halogenated alkanes) is 1. The van der Waals surface area contributed by atoms with Gasteiger partial charge in [0.05, 0.1) is 6.10 Å². The summed E-state index contributed by atoms with van der Waals surface area (Å²) in [5, 5.41) is 8.29. The van der Waals surface area contributed by atoms with E-state index in [1.54, 1.807) is 0 Å². The van der Waals surface area contributed by atoms with Gasteiger partial charge in [-0.1, -0.05) is 19.8 Å². The van der Waals surface area contributed by atoms with Crippen LogP contribution in [0.4, 0.5) is 5.82 Å². The second-order valence-corrected chi connectivity index (χ2v) is 7.79. The molecule has 2 aromatic rings.